The van der Waals surface area contributed by atoms with Gasteiger partial charge >= 0.3 is 0 Å². The molecular formula is C20H28N4O3. The predicted molar refractivity (Wildman–Crippen MR) is 102 cm³/mol. The normalized spacial score (nSPS) is 28.6. The van der Waals surface area contributed by atoms with E-state index in [1.165, 1.54) is 0 Å². The van der Waals surface area contributed by atoms with Gasteiger partial charge < -0.3 is 9.64 Å². The van der Waals surface area contributed by atoms with Crippen LogP contribution in [0.4, 0.5) is 5.69 Å². The fourth-order valence-electron chi connectivity index (χ4n) is 4.51. The van der Waals surface area contributed by atoms with Crippen LogP contribution in [-0.2, 0) is 14.3 Å². The van der Waals surface area contributed by atoms with E-state index in [-0.39, 0.29) is 29.7 Å². The number of anilines is 1. The van der Waals surface area contributed by atoms with Crippen LogP contribution in [0.5, 0.6) is 0 Å². The third kappa shape index (κ3) is 3.59. The summed E-state index contributed by atoms with van der Waals surface area (Å²) in [5.74, 6) is -0.198. The number of amides is 2. The van der Waals surface area contributed by atoms with Crippen molar-refractivity contribution in [1.29, 1.82) is 0 Å². The van der Waals surface area contributed by atoms with Gasteiger partial charge in [-0.2, -0.15) is 0 Å². The molecule has 3 atom stereocenters. The van der Waals surface area contributed by atoms with Crippen molar-refractivity contribution in [2.75, 3.05) is 51.4 Å². The van der Waals surface area contributed by atoms with Crippen LogP contribution in [0.3, 0.4) is 0 Å². The van der Waals surface area contributed by atoms with Gasteiger partial charge in [-0.15, -0.1) is 0 Å². The fourth-order valence-corrected chi connectivity index (χ4v) is 4.51. The van der Waals surface area contributed by atoms with Gasteiger partial charge in [-0.1, -0.05) is 18.2 Å². The lowest BCUT2D eigenvalue weighted by atomic mass is 9.83. The highest BCUT2D eigenvalue weighted by Crippen LogP contribution is 2.33. The van der Waals surface area contributed by atoms with Gasteiger partial charge in [-0.05, 0) is 25.0 Å². The molecule has 0 bridgehead atoms. The standard InChI is InChI=1S/C20H28N4O3/c1-27-12-11-22-13-16(19(25)23-9-5-6-10-23)18-17(14-22)20(26)24(21-18)15-7-3-2-4-8-15/h2-4,7-8,16-18,21H,5-6,9-14H2,1H3. The number of nitrogens with zero attached hydrogens (tertiary/aromatic N) is 3. The number of likely N-dealkylation sites (tertiary alicyclic amines) is 2. The highest BCUT2D eigenvalue weighted by molar-refractivity contribution is 5.98. The number of benzene rings is 1. The molecule has 27 heavy (non-hydrogen) atoms. The third-order valence-electron chi connectivity index (χ3n) is 5.95. The van der Waals surface area contributed by atoms with Crippen LogP contribution in [0.1, 0.15) is 12.8 Å². The number of carbonyl (C=O) groups excluding carboxylic acids is 2. The molecule has 3 fully saturated rings. The van der Waals surface area contributed by atoms with Crippen molar-refractivity contribution in [3.8, 4) is 0 Å². The zero-order valence-corrected chi connectivity index (χ0v) is 15.8. The van der Waals surface area contributed by atoms with Crippen LogP contribution in [0, 0.1) is 11.8 Å². The van der Waals surface area contributed by atoms with E-state index in [0.717, 1.165) is 38.2 Å². The van der Waals surface area contributed by atoms with E-state index in [0.29, 0.717) is 19.7 Å². The molecule has 0 aromatic heterocycles. The fraction of sp³-hybridized carbons (Fsp3) is 0.600. The largest absolute Gasteiger partial charge is 0.383 e. The van der Waals surface area contributed by atoms with Gasteiger partial charge in [0.05, 0.1) is 30.2 Å². The van der Waals surface area contributed by atoms with Crippen LogP contribution < -0.4 is 10.4 Å². The molecule has 3 aliphatic heterocycles. The molecule has 3 unspecified atom stereocenters. The molecule has 0 radical (unpaired) electrons. The second-order valence-corrected chi connectivity index (χ2v) is 7.66. The van der Waals surface area contributed by atoms with Crippen LogP contribution in [-0.4, -0.2) is 74.1 Å². The second-order valence-electron chi connectivity index (χ2n) is 7.66. The molecular weight excluding hydrogens is 344 g/mol. The second kappa shape index (κ2) is 7.96. The molecule has 0 spiro atoms. The number of ether oxygens (including phenoxy) is 1. The van der Waals surface area contributed by atoms with Gasteiger partial charge in [-0.3, -0.25) is 14.5 Å². The molecule has 3 saturated heterocycles. The number of para-hydroxylation sites is 1. The first-order chi connectivity index (χ1) is 13.2. The number of nitrogens with one attached hydrogen (secondary N) is 1. The molecule has 0 saturated carbocycles. The SMILES string of the molecule is COCCN1CC(C(=O)N2CCCC2)C2NN(c3ccccc3)C(=O)C2C1. The first kappa shape index (κ1) is 18.4. The maximum atomic E-state index is 13.2. The molecule has 3 heterocycles. The molecule has 146 valence electrons. The van der Waals surface area contributed by atoms with E-state index in [1.54, 1.807) is 12.1 Å². The Kier molecular flexibility index (Phi) is 5.43. The van der Waals surface area contributed by atoms with Crippen LogP contribution in [0.25, 0.3) is 0 Å². The van der Waals surface area contributed by atoms with Gasteiger partial charge in [0, 0.05) is 39.8 Å². The maximum absolute atomic E-state index is 13.2. The molecule has 2 amide bonds. The smallest absolute Gasteiger partial charge is 0.247 e. The van der Waals surface area contributed by atoms with Crippen molar-refractivity contribution in [3.05, 3.63) is 30.3 Å². The zero-order valence-electron chi connectivity index (χ0n) is 15.8. The average molecular weight is 372 g/mol. The summed E-state index contributed by atoms with van der Waals surface area (Å²) >= 11 is 0. The lowest BCUT2D eigenvalue weighted by molar-refractivity contribution is -0.138. The van der Waals surface area contributed by atoms with Gasteiger partial charge in [0.25, 0.3) is 0 Å². The first-order valence-corrected chi connectivity index (χ1v) is 9.84. The summed E-state index contributed by atoms with van der Waals surface area (Å²) in [4.78, 5) is 30.5. The summed E-state index contributed by atoms with van der Waals surface area (Å²) in [6.07, 6.45) is 2.14. The summed E-state index contributed by atoms with van der Waals surface area (Å²) < 4.78 is 5.22. The van der Waals surface area contributed by atoms with E-state index >= 15 is 0 Å². The number of hydrogen-bond acceptors (Lipinski definition) is 5. The van der Waals surface area contributed by atoms with E-state index in [1.807, 2.05) is 35.2 Å². The Morgan fingerprint density at radius 3 is 2.63 bits per heavy atom. The molecule has 4 rings (SSSR count). The highest BCUT2D eigenvalue weighted by atomic mass is 16.5. The maximum Gasteiger partial charge on any atom is 0.247 e. The molecule has 3 aliphatic rings. The third-order valence-corrected chi connectivity index (χ3v) is 5.95. The van der Waals surface area contributed by atoms with E-state index in [2.05, 4.69) is 10.3 Å². The molecule has 0 aliphatic carbocycles. The Hall–Kier alpha value is -1.96. The van der Waals surface area contributed by atoms with Crippen LogP contribution in [0.15, 0.2) is 30.3 Å². The number of hydrazine groups is 1. The Bertz CT molecular complexity index is 677. The number of rotatable bonds is 5. The number of piperidine rings is 1. The Morgan fingerprint density at radius 1 is 1.19 bits per heavy atom. The number of hydrogen-bond donors (Lipinski definition) is 1. The first-order valence-electron chi connectivity index (χ1n) is 9.84. The molecule has 1 aromatic carbocycles. The van der Waals surface area contributed by atoms with Crippen molar-refractivity contribution >= 4 is 17.5 Å². The highest BCUT2D eigenvalue weighted by Gasteiger charge is 2.51. The molecule has 7 nitrogen and oxygen atoms in total. The van der Waals surface area contributed by atoms with Crippen molar-refractivity contribution in [2.45, 2.75) is 18.9 Å². The Morgan fingerprint density at radius 2 is 1.93 bits per heavy atom. The molecule has 1 aromatic rings. The number of methoxy groups -OCH3 is 1. The Labute approximate surface area is 160 Å². The predicted octanol–water partition coefficient (Wildman–Crippen LogP) is 0.723. The van der Waals surface area contributed by atoms with E-state index < -0.39 is 0 Å². The molecule has 1 N–H and O–H groups in total. The lowest BCUT2D eigenvalue weighted by Crippen LogP contribution is -2.57. The quantitative estimate of drug-likeness (QED) is 0.825. The average Bonchev–Trinajstić information content (AvgIpc) is 3.35. The van der Waals surface area contributed by atoms with E-state index in [4.69, 9.17) is 4.74 Å². The summed E-state index contributed by atoms with van der Waals surface area (Å²) in [6.45, 7) is 4.34. The number of carbonyl (C=O) groups is 2. The van der Waals surface area contributed by atoms with Gasteiger partial charge in [0.1, 0.15) is 0 Å². The number of fused-ring (bicyclic) bond motifs is 1. The zero-order chi connectivity index (χ0) is 18.8. The van der Waals surface area contributed by atoms with E-state index in [9.17, 15) is 9.59 Å². The lowest BCUT2D eigenvalue weighted by Gasteiger charge is -2.39. The topological polar surface area (TPSA) is 65.1 Å². The minimum absolute atomic E-state index is 0.0486. The summed E-state index contributed by atoms with van der Waals surface area (Å²) in [5, 5.41) is 1.64. The summed E-state index contributed by atoms with van der Waals surface area (Å²) in [5.41, 5.74) is 4.20. The molecule has 7 heteroatoms. The van der Waals surface area contributed by atoms with Crippen molar-refractivity contribution in [2.24, 2.45) is 11.8 Å². The van der Waals surface area contributed by atoms with Gasteiger partial charge in [0.2, 0.25) is 11.8 Å². The minimum Gasteiger partial charge on any atom is -0.383 e. The van der Waals surface area contributed by atoms with Crippen molar-refractivity contribution < 1.29 is 14.3 Å². The van der Waals surface area contributed by atoms with Crippen molar-refractivity contribution in [3.63, 3.8) is 0 Å². The van der Waals surface area contributed by atoms with Crippen LogP contribution in [0.2, 0.25) is 0 Å². The Balaban J connectivity index is 1.58. The summed E-state index contributed by atoms with van der Waals surface area (Å²) in [6, 6.07) is 9.46. The summed E-state index contributed by atoms with van der Waals surface area (Å²) in [7, 11) is 1.68. The van der Waals surface area contributed by atoms with Crippen molar-refractivity contribution in [1.82, 2.24) is 15.2 Å². The monoisotopic (exact) mass is 372 g/mol. The van der Waals surface area contributed by atoms with Gasteiger partial charge in [-0.25, -0.2) is 10.4 Å². The van der Waals surface area contributed by atoms with Crippen LogP contribution >= 0.6 is 0 Å². The minimum atomic E-state index is -0.215. The van der Waals surface area contributed by atoms with Gasteiger partial charge in [0.15, 0.2) is 0 Å².